The van der Waals surface area contributed by atoms with Crippen molar-refractivity contribution in [1.29, 1.82) is 0 Å². The molecule has 0 saturated heterocycles. The standard InChI is InChI=1S/C6H15P.Na.HO3P.H2O/c1-4-7(5-2)6-3;;1-4(2)3;/h4-6H2,1-3H3;;(H,1,2,3);1H2/q;+1;;. The molecule has 0 bridgehead atoms. The van der Waals surface area contributed by atoms with Crippen LogP contribution in [0.4, 0.5) is 0 Å². The largest absolute Gasteiger partial charge is 1.00 e. The average molecular weight is 239 g/mol. The van der Waals surface area contributed by atoms with Crippen molar-refractivity contribution in [2.24, 2.45) is 0 Å². The Balaban J connectivity index is -0.0000000600. The van der Waals surface area contributed by atoms with E-state index >= 15 is 0 Å². The van der Waals surface area contributed by atoms with E-state index in [4.69, 9.17) is 14.4 Å². The van der Waals surface area contributed by atoms with Crippen molar-refractivity contribution < 1.29 is 49.4 Å². The summed E-state index contributed by atoms with van der Waals surface area (Å²) in [5.74, 6) is 0. The van der Waals surface area contributed by atoms with Gasteiger partial charge in [0.1, 0.15) is 0 Å². The van der Waals surface area contributed by atoms with Crippen LogP contribution >= 0.6 is 16.2 Å². The van der Waals surface area contributed by atoms with Crippen molar-refractivity contribution >= 4 is 16.2 Å². The first-order valence-corrected chi connectivity index (χ1v) is 6.66. The Morgan fingerprint density at radius 1 is 1.23 bits per heavy atom. The van der Waals surface area contributed by atoms with Crippen molar-refractivity contribution in [2.75, 3.05) is 18.5 Å². The Morgan fingerprint density at radius 2 is 1.38 bits per heavy atom. The summed E-state index contributed by atoms with van der Waals surface area (Å²) in [7, 11) is -2.67. The Kier molecular flexibility index (Phi) is 35.1. The molecule has 0 spiro atoms. The summed E-state index contributed by atoms with van der Waals surface area (Å²) in [5, 5.41) is 0. The maximum atomic E-state index is 8.59. The van der Waals surface area contributed by atoms with Crippen molar-refractivity contribution in [3.8, 4) is 0 Å². The molecule has 7 heteroatoms. The van der Waals surface area contributed by atoms with Crippen LogP contribution in [0.25, 0.3) is 0 Å². The molecule has 0 aliphatic rings. The van der Waals surface area contributed by atoms with Gasteiger partial charge >= 0.3 is 37.8 Å². The van der Waals surface area contributed by atoms with Gasteiger partial charge in [-0.15, -0.1) is 7.92 Å². The molecule has 13 heavy (non-hydrogen) atoms. The molecule has 0 fully saturated rings. The zero-order chi connectivity index (χ0) is 9.28. The predicted molar refractivity (Wildman–Crippen MR) is 52.0 cm³/mol. The summed E-state index contributed by atoms with van der Waals surface area (Å²) in [4.78, 5) is 15.6. The Hall–Kier alpha value is 1.41. The number of hydrogen-bond donors (Lipinski definition) is 1. The van der Waals surface area contributed by atoms with Gasteiger partial charge in [0.15, 0.2) is 0 Å². The van der Waals surface area contributed by atoms with E-state index in [9.17, 15) is 0 Å². The fourth-order valence-electron chi connectivity index (χ4n) is 0.671. The second-order valence-electron chi connectivity index (χ2n) is 1.86. The molecular formula is C6H18NaO4P2+. The van der Waals surface area contributed by atoms with Gasteiger partial charge in [0.2, 0.25) is 0 Å². The van der Waals surface area contributed by atoms with Crippen molar-refractivity contribution in [3.63, 3.8) is 0 Å². The molecule has 4 nitrogen and oxygen atoms in total. The second kappa shape index (κ2) is 19.1. The monoisotopic (exact) mass is 239 g/mol. The third-order valence-electron chi connectivity index (χ3n) is 1.34. The van der Waals surface area contributed by atoms with E-state index in [-0.39, 0.29) is 35.0 Å². The smallest absolute Gasteiger partial charge is 0.567 e. The SMILES string of the molecule is CCP(CC)CC.O.O=[P+]([O-])O.[Na+]. The number of rotatable bonds is 3. The normalized spacial score (nSPS) is 8.92. The van der Waals surface area contributed by atoms with Gasteiger partial charge in [-0.1, -0.05) is 20.8 Å². The van der Waals surface area contributed by atoms with Crippen LogP contribution in [0.2, 0.25) is 0 Å². The van der Waals surface area contributed by atoms with E-state index in [2.05, 4.69) is 20.8 Å². The second-order valence-corrected chi connectivity index (χ2v) is 5.57. The predicted octanol–water partition coefficient (Wildman–Crippen LogP) is -2.30. The molecule has 0 saturated carbocycles. The first kappa shape index (κ1) is 23.9. The van der Waals surface area contributed by atoms with E-state index in [1.165, 1.54) is 18.5 Å². The third kappa shape index (κ3) is 31.8. The van der Waals surface area contributed by atoms with Crippen molar-refractivity contribution in [1.82, 2.24) is 0 Å². The third-order valence-corrected chi connectivity index (χ3v) is 4.02. The zero-order valence-corrected chi connectivity index (χ0v) is 12.6. The first-order chi connectivity index (χ1) is 5.08. The van der Waals surface area contributed by atoms with Gasteiger partial charge in [0.25, 0.3) is 0 Å². The summed E-state index contributed by atoms with van der Waals surface area (Å²) in [6.45, 7) is 6.87. The van der Waals surface area contributed by atoms with E-state index in [0.29, 0.717) is 7.92 Å². The van der Waals surface area contributed by atoms with Crippen LogP contribution in [0.3, 0.4) is 0 Å². The van der Waals surface area contributed by atoms with Gasteiger partial charge in [-0.2, -0.15) is 4.89 Å². The van der Waals surface area contributed by atoms with Crippen LogP contribution in [0, 0.1) is 0 Å². The van der Waals surface area contributed by atoms with Crippen LogP contribution in [-0.2, 0) is 4.57 Å². The maximum absolute atomic E-state index is 8.59. The molecule has 0 aliphatic heterocycles. The molecule has 0 radical (unpaired) electrons. The molecule has 76 valence electrons. The van der Waals surface area contributed by atoms with Crippen molar-refractivity contribution in [2.45, 2.75) is 20.8 Å². The van der Waals surface area contributed by atoms with Gasteiger partial charge in [-0.05, 0) is 23.1 Å². The van der Waals surface area contributed by atoms with Gasteiger partial charge < -0.3 is 10.4 Å². The number of hydrogen-bond acceptors (Lipinski definition) is 2. The molecule has 1 atom stereocenters. The van der Waals surface area contributed by atoms with E-state index < -0.39 is 8.25 Å². The molecule has 0 aromatic rings. The van der Waals surface area contributed by atoms with E-state index in [0.717, 1.165) is 0 Å². The molecule has 1 unspecified atom stereocenters. The summed E-state index contributed by atoms with van der Waals surface area (Å²) < 4.78 is 8.59. The van der Waals surface area contributed by atoms with E-state index in [1.54, 1.807) is 0 Å². The Labute approximate surface area is 104 Å². The maximum Gasteiger partial charge on any atom is 1.00 e. The van der Waals surface area contributed by atoms with E-state index in [1.807, 2.05) is 0 Å². The van der Waals surface area contributed by atoms with Gasteiger partial charge in [0.05, 0.1) is 0 Å². The minimum Gasteiger partial charge on any atom is -0.567 e. The molecular weight excluding hydrogens is 221 g/mol. The Morgan fingerprint density at radius 3 is 1.38 bits per heavy atom. The quantitative estimate of drug-likeness (QED) is 0.443. The summed E-state index contributed by atoms with van der Waals surface area (Å²) in [5.41, 5.74) is 0. The summed E-state index contributed by atoms with van der Waals surface area (Å²) >= 11 is 0. The van der Waals surface area contributed by atoms with Crippen molar-refractivity contribution in [3.05, 3.63) is 0 Å². The summed E-state index contributed by atoms with van der Waals surface area (Å²) in [6.07, 6.45) is 4.26. The van der Waals surface area contributed by atoms with Crippen LogP contribution in [0.15, 0.2) is 0 Å². The van der Waals surface area contributed by atoms with Crippen LogP contribution in [0.1, 0.15) is 20.8 Å². The molecule has 0 amide bonds. The topological polar surface area (TPSA) is 91.9 Å². The fraction of sp³-hybridized carbons (Fsp3) is 1.00. The molecule has 0 aromatic heterocycles. The molecule has 3 N–H and O–H groups in total. The Bertz CT molecular complexity index is 91.1. The average Bonchev–Trinajstić information content (AvgIpc) is 1.90. The van der Waals surface area contributed by atoms with Gasteiger partial charge in [-0.25, -0.2) is 0 Å². The van der Waals surface area contributed by atoms with Gasteiger partial charge in [0, 0.05) is 0 Å². The van der Waals surface area contributed by atoms with Gasteiger partial charge in [-0.3, -0.25) is 0 Å². The van der Waals surface area contributed by atoms with Crippen LogP contribution in [0.5, 0.6) is 0 Å². The minimum atomic E-state index is -3.12. The fourth-order valence-corrected chi connectivity index (χ4v) is 2.01. The molecule has 0 rings (SSSR count). The molecule has 0 aliphatic carbocycles. The van der Waals surface area contributed by atoms with Crippen LogP contribution in [-0.4, -0.2) is 28.9 Å². The zero-order valence-electron chi connectivity index (χ0n) is 8.78. The molecule has 0 aromatic carbocycles. The molecule has 0 heterocycles. The first-order valence-electron chi connectivity index (χ1n) is 3.64. The summed E-state index contributed by atoms with van der Waals surface area (Å²) in [6, 6.07) is 0. The minimum absolute atomic E-state index is 0. The van der Waals surface area contributed by atoms with Crippen LogP contribution < -0.4 is 34.5 Å².